The molecule has 2 heteroatoms. The zero-order valence-corrected chi connectivity index (χ0v) is 10.9. The molecule has 0 bridgehead atoms. The molecule has 1 heterocycles. The molecule has 1 nitrogen and oxygen atoms in total. The molecule has 0 aliphatic carbocycles. The Morgan fingerprint density at radius 1 is 1.07 bits per heavy atom. The number of ether oxygens (including phenoxy) is 1. The Morgan fingerprint density at radius 3 is 2.20 bits per heavy atom. The number of benzene rings is 1. The number of methoxy groups -OCH3 is 1. The van der Waals surface area contributed by atoms with Crippen molar-refractivity contribution in [2.24, 2.45) is 0 Å². The average Bonchev–Trinajstić information content (AvgIpc) is 2.60. The third-order valence-corrected chi connectivity index (χ3v) is 4.81. The summed E-state index contributed by atoms with van der Waals surface area (Å²) in [5.74, 6) is 0.918. The van der Waals surface area contributed by atoms with Crippen molar-refractivity contribution in [3.05, 3.63) is 39.2 Å². The summed E-state index contributed by atoms with van der Waals surface area (Å²) in [4.78, 5) is 2.36. The van der Waals surface area contributed by atoms with Crippen molar-refractivity contribution in [2.45, 2.75) is 13.8 Å². The fourth-order valence-electron chi connectivity index (χ4n) is 1.57. The Bertz CT molecular complexity index is 454. The van der Waals surface area contributed by atoms with E-state index in [9.17, 15) is 0 Å². The second-order valence-electron chi connectivity index (χ2n) is 3.56. The molecule has 0 aliphatic heterocycles. The van der Waals surface area contributed by atoms with Crippen LogP contribution >= 0.6 is 0 Å². The van der Waals surface area contributed by atoms with Gasteiger partial charge in [-0.25, -0.2) is 0 Å². The minimum atomic E-state index is 0.555. The SMILES string of the molecule is COc1ccc(-c2c[se]c(C)c2C)cc1. The summed E-state index contributed by atoms with van der Waals surface area (Å²) >= 11 is 0.555. The number of hydrogen-bond donors (Lipinski definition) is 0. The second-order valence-corrected chi connectivity index (χ2v) is 5.83. The molecule has 0 atom stereocenters. The Kier molecular flexibility index (Phi) is 2.99. The molecule has 1 aromatic heterocycles. The van der Waals surface area contributed by atoms with Crippen LogP contribution in [0.3, 0.4) is 0 Å². The van der Waals surface area contributed by atoms with Crippen molar-refractivity contribution >= 4 is 14.5 Å². The summed E-state index contributed by atoms with van der Waals surface area (Å²) in [6, 6.07) is 8.29. The van der Waals surface area contributed by atoms with Crippen LogP contribution in [0, 0.1) is 13.8 Å². The molecule has 2 rings (SSSR count). The van der Waals surface area contributed by atoms with Crippen molar-refractivity contribution in [3.8, 4) is 16.9 Å². The van der Waals surface area contributed by atoms with E-state index in [1.54, 1.807) is 7.11 Å². The monoisotopic (exact) mass is 266 g/mol. The van der Waals surface area contributed by atoms with Crippen molar-refractivity contribution in [2.75, 3.05) is 7.11 Å². The van der Waals surface area contributed by atoms with Crippen molar-refractivity contribution in [3.63, 3.8) is 0 Å². The van der Waals surface area contributed by atoms with Crippen LogP contribution in [-0.2, 0) is 0 Å². The summed E-state index contributed by atoms with van der Waals surface area (Å²) in [6.45, 7) is 4.43. The molecule has 15 heavy (non-hydrogen) atoms. The van der Waals surface area contributed by atoms with E-state index in [0.717, 1.165) is 5.75 Å². The molecule has 0 fully saturated rings. The quantitative estimate of drug-likeness (QED) is 0.758. The van der Waals surface area contributed by atoms with Crippen LogP contribution in [0.2, 0.25) is 0 Å². The fourth-order valence-corrected chi connectivity index (χ4v) is 3.45. The Morgan fingerprint density at radius 2 is 1.73 bits per heavy atom. The molecule has 0 amide bonds. The third-order valence-electron chi connectivity index (χ3n) is 2.69. The van der Waals surface area contributed by atoms with Crippen LogP contribution in [0.15, 0.2) is 29.2 Å². The molecule has 0 radical (unpaired) electrons. The van der Waals surface area contributed by atoms with Crippen molar-refractivity contribution in [1.82, 2.24) is 0 Å². The van der Waals surface area contributed by atoms with Gasteiger partial charge in [-0.1, -0.05) is 0 Å². The zero-order valence-electron chi connectivity index (χ0n) is 9.20. The van der Waals surface area contributed by atoms with Gasteiger partial charge in [0, 0.05) is 0 Å². The van der Waals surface area contributed by atoms with E-state index < -0.39 is 0 Å². The van der Waals surface area contributed by atoms with Crippen LogP contribution in [0.25, 0.3) is 11.1 Å². The van der Waals surface area contributed by atoms with Gasteiger partial charge in [-0.15, -0.1) is 0 Å². The van der Waals surface area contributed by atoms with Gasteiger partial charge in [0.1, 0.15) is 0 Å². The zero-order chi connectivity index (χ0) is 10.8. The first-order valence-electron chi connectivity index (χ1n) is 4.91. The molecule has 0 spiro atoms. The molecule has 0 saturated carbocycles. The van der Waals surface area contributed by atoms with Gasteiger partial charge in [0.05, 0.1) is 0 Å². The Balaban J connectivity index is 2.41. The van der Waals surface area contributed by atoms with Gasteiger partial charge in [-0.05, 0) is 0 Å². The van der Waals surface area contributed by atoms with Gasteiger partial charge < -0.3 is 0 Å². The van der Waals surface area contributed by atoms with Gasteiger partial charge in [-0.3, -0.25) is 0 Å². The predicted octanol–water partition coefficient (Wildman–Crippen LogP) is 3.04. The summed E-state index contributed by atoms with van der Waals surface area (Å²) < 4.78 is 6.69. The van der Waals surface area contributed by atoms with Gasteiger partial charge in [0.15, 0.2) is 0 Å². The van der Waals surface area contributed by atoms with Gasteiger partial charge >= 0.3 is 96.3 Å². The molecular formula is C13H14OSe. The average molecular weight is 265 g/mol. The van der Waals surface area contributed by atoms with Crippen LogP contribution in [0.1, 0.15) is 10.0 Å². The predicted molar refractivity (Wildman–Crippen MR) is 64.8 cm³/mol. The first-order chi connectivity index (χ1) is 7.22. The van der Waals surface area contributed by atoms with E-state index in [1.165, 1.54) is 21.1 Å². The van der Waals surface area contributed by atoms with Crippen LogP contribution in [-0.4, -0.2) is 21.6 Å². The van der Waals surface area contributed by atoms with Crippen molar-refractivity contribution in [1.29, 1.82) is 0 Å². The Hall–Kier alpha value is -0.981. The van der Waals surface area contributed by atoms with Crippen LogP contribution in [0.4, 0.5) is 0 Å². The van der Waals surface area contributed by atoms with Crippen molar-refractivity contribution < 1.29 is 4.74 Å². The fraction of sp³-hybridized carbons (Fsp3) is 0.231. The van der Waals surface area contributed by atoms with E-state index in [4.69, 9.17) is 4.74 Å². The molecule has 0 saturated heterocycles. The Labute approximate surface area is 96.5 Å². The number of aryl methyl sites for hydroxylation is 1. The summed E-state index contributed by atoms with van der Waals surface area (Å²) in [5, 5.41) is 0. The molecule has 78 valence electrons. The van der Waals surface area contributed by atoms with E-state index in [1.807, 2.05) is 12.1 Å². The number of rotatable bonds is 2. The first-order valence-corrected chi connectivity index (χ1v) is 6.76. The van der Waals surface area contributed by atoms with E-state index in [-0.39, 0.29) is 0 Å². The normalized spacial score (nSPS) is 10.3. The molecule has 0 aliphatic rings. The summed E-state index contributed by atoms with van der Waals surface area (Å²) in [7, 11) is 1.70. The minimum absolute atomic E-state index is 0.555. The summed E-state index contributed by atoms with van der Waals surface area (Å²) in [5.41, 5.74) is 4.14. The standard InChI is InChI=1S/C13H14OSe/c1-9-10(2)15-8-13(9)11-4-6-12(14-3)7-5-11/h4-8H,1-3H3. The number of hydrogen-bond acceptors (Lipinski definition) is 1. The molecule has 2 aromatic rings. The van der Waals surface area contributed by atoms with Crippen LogP contribution < -0.4 is 4.74 Å². The molecule has 0 unspecified atom stereocenters. The summed E-state index contributed by atoms with van der Waals surface area (Å²) in [6.07, 6.45) is 0. The maximum atomic E-state index is 5.15. The third kappa shape index (κ3) is 2.01. The van der Waals surface area contributed by atoms with Gasteiger partial charge in [0.25, 0.3) is 0 Å². The first kappa shape index (κ1) is 10.5. The molecular weight excluding hydrogens is 251 g/mol. The van der Waals surface area contributed by atoms with E-state index >= 15 is 0 Å². The van der Waals surface area contributed by atoms with Crippen LogP contribution in [0.5, 0.6) is 5.75 Å². The van der Waals surface area contributed by atoms with Gasteiger partial charge in [0.2, 0.25) is 0 Å². The van der Waals surface area contributed by atoms with E-state index in [0.29, 0.717) is 14.5 Å². The maximum absolute atomic E-state index is 5.15. The van der Waals surface area contributed by atoms with E-state index in [2.05, 4.69) is 30.9 Å². The van der Waals surface area contributed by atoms with Gasteiger partial charge in [-0.2, -0.15) is 0 Å². The molecule has 1 aromatic carbocycles. The second kappa shape index (κ2) is 4.26. The topological polar surface area (TPSA) is 9.23 Å². The molecule has 0 N–H and O–H groups in total.